The molecule has 0 saturated carbocycles. The number of azide groups is 1. The van der Waals surface area contributed by atoms with Gasteiger partial charge in [-0.3, -0.25) is 0 Å². The fourth-order valence-corrected chi connectivity index (χ4v) is 3.97. The van der Waals surface area contributed by atoms with E-state index in [4.69, 9.17) is 5.53 Å². The Morgan fingerprint density at radius 2 is 1.13 bits per heavy atom. The van der Waals surface area contributed by atoms with Gasteiger partial charge in [0.25, 0.3) is 0 Å². The van der Waals surface area contributed by atoms with Crippen LogP contribution in [0.1, 0.15) is 0 Å². The topological polar surface area (TPSA) is 48.8 Å². The summed E-state index contributed by atoms with van der Waals surface area (Å²) in [5, 5.41) is 3.77. The summed E-state index contributed by atoms with van der Waals surface area (Å²) < 4.78 is 0. The first-order chi connectivity index (χ1) is 11.3. The molecular weight excluding hydrogens is 322 g/mol. The van der Waals surface area contributed by atoms with Gasteiger partial charge in [-0.1, -0.05) is 65.0 Å². The summed E-state index contributed by atoms with van der Waals surface area (Å²) in [6.45, 7) is 0. The molecule has 0 amide bonds. The standard InChI is InChI=1S/C18H13N3S2/c19-21-20-14-11-17(22-15-7-3-1-4-8-15)13-18(12-14)23-16-9-5-2-6-10-16/h1-13H. The summed E-state index contributed by atoms with van der Waals surface area (Å²) in [7, 11) is 0. The minimum Gasteiger partial charge on any atom is -0.0901 e. The molecule has 0 aliphatic heterocycles. The van der Waals surface area contributed by atoms with E-state index in [0.717, 1.165) is 19.6 Å². The van der Waals surface area contributed by atoms with Gasteiger partial charge in [0, 0.05) is 30.2 Å². The van der Waals surface area contributed by atoms with Crippen molar-refractivity contribution in [3.8, 4) is 0 Å². The van der Waals surface area contributed by atoms with Crippen LogP contribution in [0.2, 0.25) is 0 Å². The van der Waals surface area contributed by atoms with Gasteiger partial charge in [0.2, 0.25) is 0 Å². The van der Waals surface area contributed by atoms with Crippen LogP contribution >= 0.6 is 23.5 Å². The van der Waals surface area contributed by atoms with Crippen molar-refractivity contribution in [3.63, 3.8) is 0 Å². The zero-order valence-corrected chi connectivity index (χ0v) is 13.8. The second-order valence-corrected chi connectivity index (χ2v) is 6.98. The lowest BCUT2D eigenvalue weighted by atomic mass is 10.3. The molecule has 0 bridgehead atoms. The molecule has 0 fully saturated rings. The molecule has 0 atom stereocenters. The van der Waals surface area contributed by atoms with Gasteiger partial charge in [-0.15, -0.1) is 0 Å². The van der Waals surface area contributed by atoms with Crippen molar-refractivity contribution >= 4 is 29.2 Å². The van der Waals surface area contributed by atoms with Gasteiger partial charge >= 0.3 is 0 Å². The van der Waals surface area contributed by atoms with E-state index in [9.17, 15) is 0 Å². The summed E-state index contributed by atoms with van der Waals surface area (Å²) in [5.41, 5.74) is 9.36. The van der Waals surface area contributed by atoms with E-state index in [1.54, 1.807) is 23.5 Å². The average molecular weight is 335 g/mol. The molecule has 0 N–H and O–H groups in total. The van der Waals surface area contributed by atoms with Crippen LogP contribution in [0.3, 0.4) is 0 Å². The third-order valence-electron chi connectivity index (χ3n) is 2.98. The molecule has 0 unspecified atom stereocenters. The molecule has 0 spiro atoms. The monoisotopic (exact) mass is 335 g/mol. The highest BCUT2D eigenvalue weighted by atomic mass is 32.2. The third-order valence-corrected chi connectivity index (χ3v) is 4.94. The fraction of sp³-hybridized carbons (Fsp3) is 0. The maximum absolute atomic E-state index is 8.73. The molecule has 3 nitrogen and oxygen atoms in total. The lowest BCUT2D eigenvalue weighted by Gasteiger charge is -2.07. The van der Waals surface area contributed by atoms with Gasteiger partial charge in [-0.2, -0.15) is 0 Å². The third kappa shape index (κ3) is 4.57. The quantitative estimate of drug-likeness (QED) is 0.288. The van der Waals surface area contributed by atoms with Crippen LogP contribution in [0.5, 0.6) is 0 Å². The summed E-state index contributed by atoms with van der Waals surface area (Å²) in [6, 6.07) is 26.2. The summed E-state index contributed by atoms with van der Waals surface area (Å²) >= 11 is 3.31. The Kier molecular flexibility index (Phi) is 5.27. The Morgan fingerprint density at radius 1 is 0.652 bits per heavy atom. The van der Waals surface area contributed by atoms with E-state index >= 15 is 0 Å². The summed E-state index contributed by atoms with van der Waals surface area (Å²) in [6.07, 6.45) is 0. The normalized spacial score (nSPS) is 10.1. The van der Waals surface area contributed by atoms with E-state index in [1.165, 1.54) is 0 Å². The van der Waals surface area contributed by atoms with Crippen LogP contribution in [0.15, 0.2) is 104 Å². The van der Waals surface area contributed by atoms with Crippen LogP contribution in [-0.2, 0) is 0 Å². The van der Waals surface area contributed by atoms with Gasteiger partial charge in [0.05, 0.1) is 0 Å². The minimum atomic E-state index is 0.631. The van der Waals surface area contributed by atoms with Gasteiger partial charge < -0.3 is 0 Å². The van der Waals surface area contributed by atoms with Crippen LogP contribution in [0.25, 0.3) is 10.4 Å². The highest BCUT2D eigenvalue weighted by molar-refractivity contribution is 8.00. The smallest absolute Gasteiger partial charge is 0.0397 e. The zero-order valence-electron chi connectivity index (χ0n) is 12.2. The lowest BCUT2D eigenvalue weighted by Crippen LogP contribution is -1.78. The Balaban J connectivity index is 1.91. The number of hydrogen-bond acceptors (Lipinski definition) is 3. The molecule has 0 aliphatic carbocycles. The Morgan fingerprint density at radius 3 is 1.57 bits per heavy atom. The van der Waals surface area contributed by atoms with Crippen molar-refractivity contribution in [1.82, 2.24) is 0 Å². The van der Waals surface area contributed by atoms with Crippen molar-refractivity contribution in [2.24, 2.45) is 5.11 Å². The van der Waals surface area contributed by atoms with Crippen molar-refractivity contribution < 1.29 is 0 Å². The van der Waals surface area contributed by atoms with Crippen LogP contribution < -0.4 is 0 Å². The van der Waals surface area contributed by atoms with Gasteiger partial charge in [0.1, 0.15) is 0 Å². The van der Waals surface area contributed by atoms with E-state index in [0.29, 0.717) is 5.69 Å². The second kappa shape index (κ2) is 7.79. The summed E-state index contributed by atoms with van der Waals surface area (Å²) in [4.78, 5) is 7.33. The molecular formula is C18H13N3S2. The molecule has 0 aromatic heterocycles. The van der Waals surface area contributed by atoms with Crippen molar-refractivity contribution in [2.75, 3.05) is 0 Å². The van der Waals surface area contributed by atoms with E-state index < -0.39 is 0 Å². The van der Waals surface area contributed by atoms with Gasteiger partial charge in [-0.25, -0.2) is 0 Å². The Hall–Kier alpha value is -2.33. The van der Waals surface area contributed by atoms with Crippen LogP contribution in [0, 0.1) is 0 Å². The number of nitrogens with zero attached hydrogens (tertiary/aromatic N) is 3. The van der Waals surface area contributed by atoms with E-state index in [1.807, 2.05) is 48.5 Å². The molecule has 3 aromatic carbocycles. The first-order valence-electron chi connectivity index (χ1n) is 6.99. The van der Waals surface area contributed by atoms with E-state index in [-0.39, 0.29) is 0 Å². The SMILES string of the molecule is [N-]=[N+]=Nc1cc(Sc2ccccc2)cc(Sc2ccccc2)c1. The predicted molar refractivity (Wildman–Crippen MR) is 96.4 cm³/mol. The van der Waals surface area contributed by atoms with Crippen molar-refractivity contribution in [1.29, 1.82) is 0 Å². The minimum absolute atomic E-state index is 0.631. The fourth-order valence-electron chi connectivity index (χ4n) is 2.03. The molecule has 5 heteroatoms. The molecule has 3 rings (SSSR count). The zero-order chi connectivity index (χ0) is 15.9. The van der Waals surface area contributed by atoms with Gasteiger partial charge in [0.15, 0.2) is 0 Å². The molecule has 0 radical (unpaired) electrons. The highest BCUT2D eigenvalue weighted by Crippen LogP contribution is 2.36. The Labute approximate surface area is 143 Å². The number of hydrogen-bond donors (Lipinski definition) is 0. The van der Waals surface area contributed by atoms with Gasteiger partial charge in [-0.05, 0) is 48.0 Å². The number of benzene rings is 3. The predicted octanol–water partition coefficient (Wildman–Crippen LogP) is 6.93. The maximum atomic E-state index is 8.73. The molecule has 0 saturated heterocycles. The molecule has 0 heterocycles. The summed E-state index contributed by atoms with van der Waals surface area (Å²) in [5.74, 6) is 0. The maximum Gasteiger partial charge on any atom is 0.0397 e. The van der Waals surface area contributed by atoms with E-state index in [2.05, 4.69) is 40.4 Å². The molecule has 23 heavy (non-hydrogen) atoms. The van der Waals surface area contributed by atoms with Crippen molar-refractivity contribution in [3.05, 3.63) is 89.3 Å². The molecule has 3 aromatic rings. The lowest BCUT2D eigenvalue weighted by molar-refractivity contribution is 1.28. The molecule has 112 valence electrons. The van der Waals surface area contributed by atoms with Crippen LogP contribution in [0.4, 0.5) is 5.69 Å². The number of rotatable bonds is 5. The highest BCUT2D eigenvalue weighted by Gasteiger charge is 2.04. The van der Waals surface area contributed by atoms with Crippen LogP contribution in [-0.4, -0.2) is 0 Å². The van der Waals surface area contributed by atoms with Crippen molar-refractivity contribution in [2.45, 2.75) is 19.6 Å². The average Bonchev–Trinajstić information content (AvgIpc) is 2.57. The largest absolute Gasteiger partial charge is 0.0901 e. The Bertz CT molecular complexity index is 770. The second-order valence-electron chi connectivity index (χ2n) is 4.68. The first kappa shape index (κ1) is 15.6. The first-order valence-corrected chi connectivity index (χ1v) is 8.63. The molecule has 0 aliphatic rings.